The molecule has 0 rings (SSSR count). The average molecular weight is 755 g/mol. The minimum atomic E-state index is -0.125. The van der Waals surface area contributed by atoms with Crippen LogP contribution in [0, 0.1) is 5.92 Å². The zero-order valence-electron chi connectivity index (χ0n) is 35.6. The number of carbonyl (C=O) groups is 2. The topological polar surface area (TPSA) is 99.5 Å². The van der Waals surface area contributed by atoms with Gasteiger partial charge in [0.05, 0.1) is 26.4 Å². The molecule has 8 nitrogen and oxygen atoms in total. The van der Waals surface area contributed by atoms with Crippen molar-refractivity contribution in [3.63, 3.8) is 0 Å². The minimum absolute atomic E-state index is 0.0554. The first-order chi connectivity index (χ1) is 26.0. The summed E-state index contributed by atoms with van der Waals surface area (Å²) in [6.07, 6.45) is 33.6. The van der Waals surface area contributed by atoms with E-state index in [1.165, 1.54) is 135 Å². The lowest BCUT2D eigenvalue weighted by Crippen LogP contribution is -2.38. The Hall–Kier alpha value is -1.22. The fourth-order valence-electron chi connectivity index (χ4n) is 7.16. The summed E-state index contributed by atoms with van der Waals surface area (Å²) in [5.41, 5.74) is 0. The number of hydrogen-bond acceptors (Lipinski definition) is 8. The third kappa shape index (κ3) is 37.5. The van der Waals surface area contributed by atoms with Crippen LogP contribution in [-0.4, -0.2) is 97.6 Å². The highest BCUT2D eigenvalue weighted by atomic mass is 16.5. The first-order valence-corrected chi connectivity index (χ1v) is 23.0. The fourth-order valence-corrected chi connectivity index (χ4v) is 7.16. The fraction of sp³-hybridized carbons (Fsp3) is 0.956. The summed E-state index contributed by atoms with van der Waals surface area (Å²) in [4.78, 5) is 29.3. The van der Waals surface area contributed by atoms with E-state index in [9.17, 15) is 19.8 Å². The van der Waals surface area contributed by atoms with Crippen LogP contribution in [0.4, 0.5) is 0 Å². The number of ether oxygens (including phenoxy) is 2. The first-order valence-electron chi connectivity index (χ1n) is 23.0. The number of hydrogen-bond donors (Lipinski definition) is 2. The van der Waals surface area contributed by atoms with Gasteiger partial charge in [-0.1, -0.05) is 156 Å². The number of unbranched alkanes of at least 4 members (excludes halogenated alkanes) is 20. The van der Waals surface area contributed by atoms with Crippen LogP contribution in [0.2, 0.25) is 0 Å². The molecule has 0 bridgehead atoms. The molecule has 0 aromatic heterocycles. The van der Waals surface area contributed by atoms with E-state index in [2.05, 4.69) is 30.6 Å². The van der Waals surface area contributed by atoms with Crippen LogP contribution in [0.3, 0.4) is 0 Å². The van der Waals surface area contributed by atoms with Crippen molar-refractivity contribution in [2.24, 2.45) is 5.92 Å². The number of rotatable bonds is 43. The number of aliphatic hydroxyl groups excluding tert-OH is 2. The lowest BCUT2D eigenvalue weighted by Gasteiger charge is -2.27. The molecule has 0 atom stereocenters. The Balaban J connectivity index is 4.27. The van der Waals surface area contributed by atoms with E-state index in [0.717, 1.165) is 58.3 Å². The van der Waals surface area contributed by atoms with Crippen molar-refractivity contribution in [2.45, 2.75) is 207 Å². The normalized spacial score (nSPS) is 11.7. The molecule has 0 aliphatic heterocycles. The summed E-state index contributed by atoms with van der Waals surface area (Å²) in [5, 5.41) is 19.3. The van der Waals surface area contributed by atoms with E-state index < -0.39 is 0 Å². The Morgan fingerprint density at radius 3 is 1.32 bits per heavy atom. The molecule has 0 aliphatic rings. The molecule has 0 saturated carbocycles. The highest BCUT2D eigenvalue weighted by Gasteiger charge is 2.14. The molecular weight excluding hydrogens is 665 g/mol. The van der Waals surface area contributed by atoms with Crippen molar-refractivity contribution in [1.29, 1.82) is 0 Å². The van der Waals surface area contributed by atoms with Gasteiger partial charge in [-0.15, -0.1) is 0 Å². The monoisotopic (exact) mass is 755 g/mol. The quantitative estimate of drug-likeness (QED) is 0.0469. The maximum atomic E-state index is 12.6. The van der Waals surface area contributed by atoms with Gasteiger partial charge in [0.2, 0.25) is 0 Å². The van der Waals surface area contributed by atoms with Gasteiger partial charge in [-0.3, -0.25) is 19.4 Å². The summed E-state index contributed by atoms with van der Waals surface area (Å²) in [5.74, 6) is 0.317. The van der Waals surface area contributed by atoms with Gasteiger partial charge in [0.1, 0.15) is 0 Å². The predicted molar refractivity (Wildman–Crippen MR) is 223 cm³/mol. The van der Waals surface area contributed by atoms with E-state index in [0.29, 0.717) is 51.5 Å². The summed E-state index contributed by atoms with van der Waals surface area (Å²) in [6.45, 7) is 12.4. The molecule has 0 aliphatic carbocycles. The Morgan fingerprint density at radius 1 is 0.434 bits per heavy atom. The van der Waals surface area contributed by atoms with E-state index >= 15 is 0 Å². The first kappa shape index (κ1) is 51.8. The van der Waals surface area contributed by atoms with Crippen molar-refractivity contribution >= 4 is 11.9 Å². The van der Waals surface area contributed by atoms with Crippen molar-refractivity contribution in [3.05, 3.63) is 0 Å². The van der Waals surface area contributed by atoms with Crippen molar-refractivity contribution in [2.75, 3.05) is 65.7 Å². The maximum absolute atomic E-state index is 12.6. The minimum Gasteiger partial charge on any atom is -0.466 e. The van der Waals surface area contributed by atoms with Crippen LogP contribution >= 0.6 is 0 Å². The lowest BCUT2D eigenvalue weighted by atomic mass is 9.94. The van der Waals surface area contributed by atoms with Crippen LogP contribution in [0.5, 0.6) is 0 Å². The summed E-state index contributed by atoms with van der Waals surface area (Å²) in [6, 6.07) is 0. The van der Waals surface area contributed by atoms with Gasteiger partial charge in [-0.25, -0.2) is 0 Å². The Kier molecular flexibility index (Phi) is 41.0. The van der Waals surface area contributed by atoms with E-state index in [1.807, 2.05) is 0 Å². The summed E-state index contributed by atoms with van der Waals surface area (Å²) < 4.78 is 11.3. The molecule has 0 fully saturated rings. The number of nitrogens with zero attached hydrogens (tertiary/aromatic N) is 2. The van der Waals surface area contributed by atoms with E-state index in [4.69, 9.17) is 9.47 Å². The van der Waals surface area contributed by atoms with Gasteiger partial charge < -0.3 is 19.7 Å². The van der Waals surface area contributed by atoms with Gasteiger partial charge in [0.25, 0.3) is 0 Å². The molecule has 0 aromatic rings. The third-order valence-corrected chi connectivity index (χ3v) is 10.7. The number of esters is 2. The van der Waals surface area contributed by atoms with Crippen LogP contribution in [-0.2, 0) is 19.1 Å². The Morgan fingerprint density at radius 2 is 0.830 bits per heavy atom. The predicted octanol–water partition coefficient (Wildman–Crippen LogP) is 10.7. The average Bonchev–Trinajstić information content (AvgIpc) is 3.15. The Bertz CT molecular complexity index is 753. The smallest absolute Gasteiger partial charge is 0.305 e. The zero-order chi connectivity index (χ0) is 38.9. The summed E-state index contributed by atoms with van der Waals surface area (Å²) >= 11 is 0. The molecule has 8 heteroatoms. The Labute approximate surface area is 328 Å². The SMILES string of the molecule is CCCCCCCCCCCOC(=O)CCCN(CCO)CCN(CCO)CCCCCC(=O)OCC(CCCCCCCC)CCCCCCCC. The molecule has 2 N–H and O–H groups in total. The summed E-state index contributed by atoms with van der Waals surface area (Å²) in [7, 11) is 0. The molecule has 0 saturated heterocycles. The second-order valence-corrected chi connectivity index (χ2v) is 15.8. The molecule has 0 heterocycles. The lowest BCUT2D eigenvalue weighted by molar-refractivity contribution is -0.145. The standard InChI is InChI=1S/C45H90N2O6/c1-4-7-10-13-16-17-18-21-27-41-52-44(50)32-28-34-47(38-40-49)36-35-46(37-39-48)33-26-22-25-31-45(51)53-42-43(29-23-19-14-11-8-5-2)30-24-20-15-12-9-6-3/h43,48-49H,4-42H2,1-3H3. The van der Waals surface area contributed by atoms with Crippen LogP contribution in [0.15, 0.2) is 0 Å². The molecule has 0 aromatic carbocycles. The van der Waals surface area contributed by atoms with Crippen LogP contribution in [0.1, 0.15) is 207 Å². The molecule has 316 valence electrons. The van der Waals surface area contributed by atoms with Crippen LogP contribution < -0.4 is 0 Å². The third-order valence-electron chi connectivity index (χ3n) is 10.7. The second kappa shape index (κ2) is 41.9. The molecule has 0 spiro atoms. The molecule has 0 radical (unpaired) electrons. The second-order valence-electron chi connectivity index (χ2n) is 15.8. The molecule has 0 unspecified atom stereocenters. The van der Waals surface area contributed by atoms with Gasteiger partial charge in [-0.2, -0.15) is 0 Å². The largest absolute Gasteiger partial charge is 0.466 e. The molecule has 0 amide bonds. The highest BCUT2D eigenvalue weighted by molar-refractivity contribution is 5.69. The maximum Gasteiger partial charge on any atom is 0.305 e. The van der Waals surface area contributed by atoms with Gasteiger partial charge >= 0.3 is 11.9 Å². The number of aliphatic hydroxyl groups is 2. The van der Waals surface area contributed by atoms with E-state index in [1.54, 1.807) is 0 Å². The van der Waals surface area contributed by atoms with Crippen molar-refractivity contribution in [1.82, 2.24) is 9.80 Å². The van der Waals surface area contributed by atoms with Gasteiger partial charge in [0, 0.05) is 39.0 Å². The van der Waals surface area contributed by atoms with Gasteiger partial charge in [-0.05, 0) is 57.5 Å². The highest BCUT2D eigenvalue weighted by Crippen LogP contribution is 2.20. The molecule has 53 heavy (non-hydrogen) atoms. The van der Waals surface area contributed by atoms with Crippen LogP contribution in [0.25, 0.3) is 0 Å². The zero-order valence-corrected chi connectivity index (χ0v) is 35.6. The van der Waals surface area contributed by atoms with Crippen molar-refractivity contribution in [3.8, 4) is 0 Å². The molecular formula is C45H90N2O6. The number of carbonyl (C=O) groups excluding carboxylic acids is 2. The van der Waals surface area contributed by atoms with Gasteiger partial charge in [0.15, 0.2) is 0 Å². The van der Waals surface area contributed by atoms with Crippen molar-refractivity contribution < 1.29 is 29.3 Å². The van der Waals surface area contributed by atoms with E-state index in [-0.39, 0.29) is 25.2 Å².